The number of ether oxygens (including phenoxy) is 8. The number of cyclic esters (lactones) is 4. The molecule has 16 heteroatoms. The molecule has 2 saturated heterocycles. The second-order valence-corrected chi connectivity index (χ2v) is 12.2. The maximum Gasteiger partial charge on any atom is 0.348 e. The molecule has 1 saturated carbocycles. The molecule has 4 heterocycles. The van der Waals surface area contributed by atoms with Gasteiger partial charge < -0.3 is 48.1 Å². The van der Waals surface area contributed by atoms with Crippen LogP contribution in [-0.4, -0.2) is 69.2 Å². The number of hydrogen-bond donors (Lipinski definition) is 2. The molecule has 0 aromatic heterocycles. The van der Waals surface area contributed by atoms with E-state index < -0.39 is 70.9 Å². The summed E-state index contributed by atoms with van der Waals surface area (Å²) in [5.74, 6) is -12.6. The number of carbonyl (C=O) groups excluding carboxylic acids is 6. The van der Waals surface area contributed by atoms with Gasteiger partial charge in [0, 0.05) is 53.4 Å². The Morgan fingerprint density at radius 2 is 0.760 bits per heavy atom. The lowest BCUT2D eigenvalue weighted by atomic mass is 9.87. The van der Waals surface area contributed by atoms with Crippen molar-refractivity contribution in [2.24, 2.45) is 0 Å². The summed E-state index contributed by atoms with van der Waals surface area (Å²) in [6.07, 6.45) is 12.4. The first kappa shape index (κ1) is 35.3. The van der Waals surface area contributed by atoms with Crippen LogP contribution in [0.15, 0.2) is 94.9 Å². The molecule has 0 unspecified atom stereocenters. The van der Waals surface area contributed by atoms with Gasteiger partial charge in [-0.05, 0) is 24.3 Å². The molecular formula is C34H32O16. The Morgan fingerprint density at radius 3 is 1.06 bits per heavy atom. The molecule has 50 heavy (non-hydrogen) atoms. The SMILES string of the molecule is CC1(C)OC(=O)C(=C/C=C/C=C/C2=C(O)OC3(CCC4(CC3)OC(=O)C(/C=C/C=C/C=C3C(=O)OC(C)(C)OC3=O)=C(O)O4)OC2=O)C(=O)O1. The van der Waals surface area contributed by atoms with Crippen molar-refractivity contribution in [1.82, 2.24) is 0 Å². The summed E-state index contributed by atoms with van der Waals surface area (Å²) in [6, 6.07) is 0. The van der Waals surface area contributed by atoms with Crippen molar-refractivity contribution in [3.05, 3.63) is 94.9 Å². The first-order valence-corrected chi connectivity index (χ1v) is 15.2. The molecule has 0 amide bonds. The number of allylic oxidation sites excluding steroid dienone is 8. The highest BCUT2D eigenvalue weighted by Gasteiger charge is 2.55. The van der Waals surface area contributed by atoms with Crippen LogP contribution in [0.1, 0.15) is 53.4 Å². The third-order valence-electron chi connectivity index (χ3n) is 7.53. The average Bonchev–Trinajstić information content (AvgIpc) is 2.98. The quantitative estimate of drug-likeness (QED) is 0.134. The van der Waals surface area contributed by atoms with Crippen molar-refractivity contribution in [3.8, 4) is 0 Å². The Morgan fingerprint density at radius 1 is 0.440 bits per heavy atom. The van der Waals surface area contributed by atoms with Crippen LogP contribution >= 0.6 is 0 Å². The lowest BCUT2D eigenvalue weighted by Crippen LogP contribution is -2.53. The van der Waals surface area contributed by atoms with E-state index >= 15 is 0 Å². The normalized spacial score (nSPS) is 24.2. The Labute approximate surface area is 284 Å². The molecule has 1 aliphatic carbocycles. The molecule has 0 bridgehead atoms. The van der Waals surface area contributed by atoms with Gasteiger partial charge in [0.1, 0.15) is 22.3 Å². The van der Waals surface area contributed by atoms with Crippen molar-refractivity contribution in [3.63, 3.8) is 0 Å². The number of carbonyl (C=O) groups is 6. The summed E-state index contributed by atoms with van der Waals surface area (Å²) in [5, 5.41) is 21.0. The zero-order valence-electron chi connectivity index (χ0n) is 27.2. The van der Waals surface area contributed by atoms with Gasteiger partial charge in [-0.3, -0.25) is 0 Å². The van der Waals surface area contributed by atoms with E-state index in [9.17, 15) is 39.0 Å². The summed E-state index contributed by atoms with van der Waals surface area (Å²) < 4.78 is 42.2. The number of rotatable bonds is 6. The van der Waals surface area contributed by atoms with E-state index in [-0.39, 0.29) is 48.0 Å². The molecule has 4 aliphatic heterocycles. The van der Waals surface area contributed by atoms with Gasteiger partial charge in [0.25, 0.3) is 35.0 Å². The second kappa shape index (κ2) is 13.1. The minimum atomic E-state index is -1.60. The van der Waals surface area contributed by atoms with Crippen LogP contribution in [0.3, 0.4) is 0 Å². The van der Waals surface area contributed by atoms with E-state index in [2.05, 4.69) is 0 Å². The zero-order valence-corrected chi connectivity index (χ0v) is 27.2. The topological polar surface area (TPSA) is 217 Å². The first-order valence-electron chi connectivity index (χ1n) is 15.2. The second-order valence-electron chi connectivity index (χ2n) is 12.2. The predicted octanol–water partition coefficient (Wildman–Crippen LogP) is 3.39. The zero-order chi connectivity index (χ0) is 36.5. The Hall–Kier alpha value is -6.06. The molecule has 0 radical (unpaired) electrons. The van der Waals surface area contributed by atoms with Gasteiger partial charge in [-0.1, -0.05) is 36.5 Å². The number of esters is 6. The Kier molecular flexibility index (Phi) is 9.23. The molecule has 0 atom stereocenters. The number of hydrogen-bond acceptors (Lipinski definition) is 16. The third-order valence-corrected chi connectivity index (χ3v) is 7.53. The summed E-state index contributed by atoms with van der Waals surface area (Å²) in [7, 11) is 0. The van der Waals surface area contributed by atoms with Crippen molar-refractivity contribution >= 4 is 35.8 Å². The van der Waals surface area contributed by atoms with Gasteiger partial charge in [0.05, 0.1) is 0 Å². The largest absolute Gasteiger partial charge is 0.480 e. The van der Waals surface area contributed by atoms with Gasteiger partial charge in [-0.2, -0.15) is 0 Å². The van der Waals surface area contributed by atoms with E-state index in [1.54, 1.807) is 0 Å². The van der Waals surface area contributed by atoms with Crippen LogP contribution in [0.2, 0.25) is 0 Å². The van der Waals surface area contributed by atoms with Gasteiger partial charge in [0.15, 0.2) is 0 Å². The molecule has 2 N–H and O–H groups in total. The van der Waals surface area contributed by atoms with E-state index in [0.29, 0.717) is 0 Å². The van der Waals surface area contributed by atoms with Gasteiger partial charge >= 0.3 is 35.8 Å². The van der Waals surface area contributed by atoms with E-state index in [1.165, 1.54) is 88.5 Å². The highest BCUT2D eigenvalue weighted by atomic mass is 16.8. The molecule has 3 fully saturated rings. The van der Waals surface area contributed by atoms with Crippen LogP contribution in [0.5, 0.6) is 0 Å². The average molecular weight is 697 g/mol. The Balaban J connectivity index is 1.17. The molecule has 2 spiro atoms. The van der Waals surface area contributed by atoms with Crippen molar-refractivity contribution in [2.75, 3.05) is 0 Å². The van der Waals surface area contributed by atoms with Gasteiger partial charge in [-0.15, -0.1) is 0 Å². The lowest BCUT2D eigenvalue weighted by molar-refractivity contribution is -0.302. The van der Waals surface area contributed by atoms with Crippen molar-refractivity contribution in [2.45, 2.75) is 76.5 Å². The van der Waals surface area contributed by atoms with E-state index in [4.69, 9.17) is 37.9 Å². The first-order chi connectivity index (χ1) is 23.4. The third kappa shape index (κ3) is 7.64. The summed E-state index contributed by atoms with van der Waals surface area (Å²) in [6.45, 7) is 5.67. The fourth-order valence-corrected chi connectivity index (χ4v) is 5.15. The fourth-order valence-electron chi connectivity index (χ4n) is 5.15. The minimum Gasteiger partial charge on any atom is -0.480 e. The summed E-state index contributed by atoms with van der Waals surface area (Å²) >= 11 is 0. The maximum atomic E-state index is 12.8. The van der Waals surface area contributed by atoms with E-state index in [1.807, 2.05) is 0 Å². The highest BCUT2D eigenvalue weighted by molar-refractivity contribution is 6.16. The fraction of sp³-hybridized carbons (Fsp3) is 0.353. The molecule has 5 rings (SSSR count). The molecule has 5 aliphatic rings. The monoisotopic (exact) mass is 696 g/mol. The van der Waals surface area contributed by atoms with Crippen LogP contribution in [0.25, 0.3) is 0 Å². The minimum absolute atomic E-state index is 0.0819. The molecule has 0 aromatic rings. The van der Waals surface area contributed by atoms with Crippen LogP contribution in [0.4, 0.5) is 0 Å². The summed E-state index contributed by atoms with van der Waals surface area (Å²) in [4.78, 5) is 73.6. The van der Waals surface area contributed by atoms with Crippen LogP contribution < -0.4 is 0 Å². The number of aliphatic hydroxyl groups excluding tert-OH is 2. The molecule has 264 valence electrons. The predicted molar refractivity (Wildman–Crippen MR) is 163 cm³/mol. The smallest absolute Gasteiger partial charge is 0.348 e. The van der Waals surface area contributed by atoms with Crippen LogP contribution in [-0.2, 0) is 66.7 Å². The standard InChI is InChI=1S/C34H32O16/c1-31(2)43-23(35)19(24(36)44-31)11-7-5-9-13-21-27(39)47-33(48-28(21)40)15-17-34(18-16-33)49-29(41)22(30(42)50-34)14-10-6-8-12-20-25(37)45-32(3,4)46-26(20)38/h5-14,39,41H,15-18H2,1-4H3/b7-5+,8-6+,13-9+,14-10+. The highest BCUT2D eigenvalue weighted by Crippen LogP contribution is 2.46. The van der Waals surface area contributed by atoms with Gasteiger partial charge in [-0.25, -0.2) is 28.8 Å². The lowest BCUT2D eigenvalue weighted by Gasteiger charge is -2.46. The summed E-state index contributed by atoms with van der Waals surface area (Å²) in [5.41, 5.74) is -1.28. The molecule has 0 aromatic carbocycles. The van der Waals surface area contributed by atoms with Crippen molar-refractivity contribution in [1.29, 1.82) is 0 Å². The Bertz CT molecular complexity index is 1610. The van der Waals surface area contributed by atoms with E-state index in [0.717, 1.165) is 0 Å². The molecular weight excluding hydrogens is 664 g/mol. The van der Waals surface area contributed by atoms with Crippen LogP contribution in [0, 0.1) is 0 Å². The molecule has 16 nitrogen and oxygen atoms in total. The maximum absolute atomic E-state index is 12.8. The van der Waals surface area contributed by atoms with Crippen molar-refractivity contribution < 1.29 is 76.9 Å². The number of aliphatic hydroxyl groups is 2. The van der Waals surface area contributed by atoms with Gasteiger partial charge in [0.2, 0.25) is 0 Å².